The summed E-state index contributed by atoms with van der Waals surface area (Å²) in [5, 5.41) is 0. The standard InChI is InChI=1S/2C2H7ClO7P2.3Ba/c2*3-1-2-9-12(7,8)10-11(4,5)6;;;/h2*1-2H2,(H,7,8)(H2,4,5,6);;;/q;;3*+2/p-6. The molecule has 0 aromatic rings. The van der Waals surface area contributed by atoms with Crippen LogP contribution in [-0.4, -0.2) is 172 Å². The van der Waals surface area contributed by atoms with E-state index in [1.165, 1.54) is 0 Å². The Balaban J connectivity index is -0.000000108. The molecule has 0 fully saturated rings. The van der Waals surface area contributed by atoms with Gasteiger partial charge in [-0.25, -0.2) is 0 Å². The summed E-state index contributed by atoms with van der Waals surface area (Å²) in [7, 11) is -21.2. The van der Waals surface area contributed by atoms with Crippen LogP contribution in [0.2, 0.25) is 0 Å². The maximum absolute atomic E-state index is 10.4. The first-order chi connectivity index (χ1) is 10.5. The van der Waals surface area contributed by atoms with Gasteiger partial charge in [-0.2, -0.15) is 0 Å². The Kier molecular flexibility index (Phi) is 33.6. The predicted octanol–water partition coefficient (Wildman–Crippen LogP) is -4.03. The van der Waals surface area contributed by atoms with Gasteiger partial charge in [0, 0.05) is 11.8 Å². The Morgan fingerprint density at radius 1 is 0.593 bits per heavy atom. The number of hydrogen-bond acceptors (Lipinski definition) is 14. The summed E-state index contributed by atoms with van der Waals surface area (Å²) in [5.41, 5.74) is 0. The van der Waals surface area contributed by atoms with E-state index in [4.69, 9.17) is 23.2 Å². The SMILES string of the molecule is O=P([O-])([O-])OP(=O)([O-])OCCCl.O=P([O-])([O-])OP(=O)([O-])OCCCl.[Ba+2].[Ba+2].[Ba+2]. The van der Waals surface area contributed by atoms with Crippen molar-refractivity contribution < 1.29 is 65.3 Å². The molecule has 0 aliphatic rings. The molecule has 27 heavy (non-hydrogen) atoms. The number of rotatable bonds is 10. The number of halogens is 2. The van der Waals surface area contributed by atoms with Crippen LogP contribution in [0.4, 0.5) is 0 Å². The Morgan fingerprint density at radius 2 is 0.815 bits per heavy atom. The topological polar surface area (TPSA) is 244 Å². The fourth-order valence-electron chi connectivity index (χ4n) is 0.585. The third kappa shape index (κ3) is 36.6. The van der Waals surface area contributed by atoms with E-state index in [0.717, 1.165) is 0 Å². The Bertz CT molecular complexity index is 504. The van der Waals surface area contributed by atoms with Crippen molar-refractivity contribution in [1.29, 1.82) is 0 Å². The van der Waals surface area contributed by atoms with Gasteiger partial charge in [0.1, 0.15) is 0 Å². The van der Waals surface area contributed by atoms with E-state index >= 15 is 0 Å². The summed E-state index contributed by atoms with van der Waals surface area (Å²) in [6.07, 6.45) is 0. The molecule has 0 aliphatic carbocycles. The summed E-state index contributed by atoms with van der Waals surface area (Å²) >= 11 is 10.0. The van der Waals surface area contributed by atoms with Crippen molar-refractivity contribution in [3.63, 3.8) is 0 Å². The third-order valence-corrected chi connectivity index (χ3v) is 5.56. The van der Waals surface area contributed by atoms with E-state index in [1.807, 2.05) is 0 Å². The summed E-state index contributed by atoms with van der Waals surface area (Å²) in [4.78, 5) is 59.8. The molecule has 0 saturated heterocycles. The van der Waals surface area contributed by atoms with Gasteiger partial charge in [-0.15, -0.1) is 23.2 Å². The van der Waals surface area contributed by atoms with Gasteiger partial charge in [0.15, 0.2) is 0 Å². The second-order valence-electron chi connectivity index (χ2n) is 3.00. The van der Waals surface area contributed by atoms with Crippen molar-refractivity contribution in [3.05, 3.63) is 0 Å². The van der Waals surface area contributed by atoms with Crippen LogP contribution in [0.25, 0.3) is 0 Å². The van der Waals surface area contributed by atoms with Crippen molar-refractivity contribution in [2.24, 2.45) is 0 Å². The monoisotopic (exact) mass is 888 g/mol. The van der Waals surface area contributed by atoms with Crippen LogP contribution in [-0.2, 0) is 35.9 Å². The molecule has 0 rings (SSSR count). The minimum absolute atomic E-state index is 0. The van der Waals surface area contributed by atoms with E-state index in [-0.39, 0.29) is 158 Å². The normalized spacial score (nSPS) is 15.4. The third-order valence-electron chi connectivity index (χ3n) is 1.05. The van der Waals surface area contributed by atoms with Gasteiger partial charge < -0.3 is 47.5 Å². The van der Waals surface area contributed by atoms with Gasteiger partial charge in [-0.3, -0.25) is 17.8 Å². The zero-order valence-electron chi connectivity index (χ0n) is 13.2. The van der Waals surface area contributed by atoms with E-state index in [9.17, 15) is 47.6 Å². The van der Waals surface area contributed by atoms with Crippen molar-refractivity contribution in [3.8, 4) is 0 Å². The van der Waals surface area contributed by atoms with E-state index in [1.54, 1.807) is 0 Å². The van der Waals surface area contributed by atoms with E-state index in [0.29, 0.717) is 0 Å². The quantitative estimate of drug-likeness (QED) is 0.115. The van der Waals surface area contributed by atoms with Crippen molar-refractivity contribution in [2.45, 2.75) is 0 Å². The molecule has 0 aromatic carbocycles. The van der Waals surface area contributed by atoms with Crippen LogP contribution in [0, 0.1) is 0 Å². The summed E-state index contributed by atoms with van der Waals surface area (Å²) < 4.78 is 54.1. The summed E-state index contributed by atoms with van der Waals surface area (Å²) in [6, 6.07) is 0. The molecule has 0 radical (unpaired) electrons. The molecule has 14 nitrogen and oxygen atoms in total. The first-order valence-electron chi connectivity index (χ1n) is 5.03. The molecule has 0 aromatic heterocycles. The molecule has 0 N–H and O–H groups in total. The van der Waals surface area contributed by atoms with Gasteiger partial charge in [-0.1, -0.05) is 0 Å². The number of alkyl halides is 2. The molecule has 0 spiro atoms. The molecule has 0 bridgehead atoms. The molecular weight excluding hydrogens is 879 g/mol. The Labute approximate surface area is 285 Å². The molecule has 0 aliphatic heterocycles. The Hall–Kier alpha value is 5.81. The fourth-order valence-corrected chi connectivity index (χ4v) is 3.92. The minimum atomic E-state index is -5.57. The van der Waals surface area contributed by atoms with E-state index in [2.05, 4.69) is 17.7 Å². The van der Waals surface area contributed by atoms with Crippen molar-refractivity contribution >= 4 is 201 Å². The summed E-state index contributed by atoms with van der Waals surface area (Å²) in [6.45, 7) is -0.912. The molecule has 2 unspecified atom stereocenters. The number of hydrogen-bond donors (Lipinski definition) is 0. The van der Waals surface area contributed by atoms with Crippen LogP contribution in [0.15, 0.2) is 0 Å². The van der Waals surface area contributed by atoms with Gasteiger partial charge in [0.25, 0.3) is 15.6 Å². The second-order valence-corrected chi connectivity index (χ2v) is 9.15. The molecule has 2 atom stereocenters. The van der Waals surface area contributed by atoms with Crippen molar-refractivity contribution in [2.75, 3.05) is 25.0 Å². The average molecular weight is 887 g/mol. The van der Waals surface area contributed by atoms with Gasteiger partial charge in [0.2, 0.25) is 0 Å². The predicted molar refractivity (Wildman–Crippen MR) is 83.2 cm³/mol. The average Bonchev–Trinajstić information content (AvgIpc) is 2.29. The second kappa shape index (κ2) is 21.1. The fraction of sp³-hybridized carbons (Fsp3) is 1.00. The van der Waals surface area contributed by atoms with Crippen molar-refractivity contribution in [1.82, 2.24) is 0 Å². The molecule has 23 heteroatoms. The van der Waals surface area contributed by atoms with Gasteiger partial charge >= 0.3 is 147 Å². The maximum atomic E-state index is 10.4. The summed E-state index contributed by atoms with van der Waals surface area (Å²) in [5.74, 6) is -0.338. The van der Waals surface area contributed by atoms with E-state index < -0.39 is 44.5 Å². The van der Waals surface area contributed by atoms with Crippen LogP contribution in [0.1, 0.15) is 0 Å². The zero-order chi connectivity index (χ0) is 19.7. The van der Waals surface area contributed by atoms with Crippen LogP contribution < -0.4 is 29.4 Å². The van der Waals surface area contributed by atoms with Crippen LogP contribution in [0.3, 0.4) is 0 Å². The minimum Gasteiger partial charge on any atom is -0.790 e. The molecule has 0 heterocycles. The first-order valence-corrected chi connectivity index (χ1v) is 11.9. The van der Waals surface area contributed by atoms with Crippen LogP contribution in [0.5, 0.6) is 0 Å². The number of phosphoric ester groups is 2. The van der Waals surface area contributed by atoms with Gasteiger partial charge in [0.05, 0.1) is 28.9 Å². The zero-order valence-corrected chi connectivity index (χ0v) is 31.6. The molecule has 0 amide bonds. The Morgan fingerprint density at radius 3 is 0.963 bits per heavy atom. The number of phosphoric acid groups is 4. The molecule has 0 saturated carbocycles. The first kappa shape index (κ1) is 42.9. The smallest absolute Gasteiger partial charge is 0.790 e. The largest absolute Gasteiger partial charge is 2.00 e. The van der Waals surface area contributed by atoms with Crippen LogP contribution >= 0.6 is 54.5 Å². The molecule has 148 valence electrons. The molecular formula is C4H8Ba3Cl2O14P4. The maximum Gasteiger partial charge on any atom is 2.00 e. The van der Waals surface area contributed by atoms with Gasteiger partial charge in [-0.05, 0) is 0 Å².